The van der Waals surface area contributed by atoms with Gasteiger partial charge in [-0.1, -0.05) is 291 Å². The maximum atomic E-state index is 5.14. The van der Waals surface area contributed by atoms with Crippen LogP contribution in [0.15, 0.2) is 542 Å². The summed E-state index contributed by atoms with van der Waals surface area (Å²) >= 11 is 0. The molecule has 680 valence electrons. The van der Waals surface area contributed by atoms with E-state index in [4.69, 9.17) is 34.9 Å². The Labute approximate surface area is 835 Å². The van der Waals surface area contributed by atoms with Crippen molar-refractivity contribution in [2.75, 3.05) is 0 Å². The fraction of sp³-hybridized carbons (Fsp3) is 0. The van der Waals surface area contributed by atoms with Gasteiger partial charge >= 0.3 is 0 Å². The summed E-state index contributed by atoms with van der Waals surface area (Å²) in [4.78, 5) is 70.1. The second-order valence-electron chi connectivity index (χ2n) is 34.0. The summed E-state index contributed by atoms with van der Waals surface area (Å²) in [6.45, 7) is 0. The summed E-state index contributed by atoms with van der Waals surface area (Å²) in [5.74, 6) is 2.52. The molecule has 24 aromatic rings. The Bertz CT molecular complexity index is 6440. The number of pyridine rings is 10. The van der Waals surface area contributed by atoms with Crippen LogP contribution in [0.25, 0.3) is 225 Å². The molecule has 12 aromatic carbocycles. The van der Waals surface area contributed by atoms with Crippen LogP contribution >= 0.6 is 0 Å². The third-order valence-corrected chi connectivity index (χ3v) is 24.3. The monoisotopic (exact) mass is 1850 g/mol. The van der Waals surface area contributed by atoms with Crippen LogP contribution in [-0.4, -0.2) is 74.8 Å². The van der Waals surface area contributed by atoms with Crippen molar-refractivity contribution < 1.29 is 0 Å². The first-order valence-corrected chi connectivity index (χ1v) is 47.3. The van der Waals surface area contributed by atoms with E-state index in [2.05, 4.69) is 301 Å². The minimum absolute atomic E-state index is 0.595. The molecular weight excluding hydrogens is 1760 g/mol. The highest BCUT2D eigenvalue weighted by Gasteiger charge is 2.21. The molecule has 144 heavy (non-hydrogen) atoms. The third-order valence-electron chi connectivity index (χ3n) is 24.3. The first kappa shape index (κ1) is 90.7. The molecular formula is C129H89N15. The molecule has 12 heterocycles. The lowest BCUT2D eigenvalue weighted by molar-refractivity contribution is 1.07. The van der Waals surface area contributed by atoms with Crippen molar-refractivity contribution in [2.45, 2.75) is 0 Å². The lowest BCUT2D eigenvalue weighted by atomic mass is 9.93. The van der Waals surface area contributed by atoms with Gasteiger partial charge in [-0.15, -0.1) is 0 Å². The van der Waals surface area contributed by atoms with Gasteiger partial charge in [0.1, 0.15) is 0 Å². The van der Waals surface area contributed by atoms with E-state index in [-0.39, 0.29) is 0 Å². The van der Waals surface area contributed by atoms with Gasteiger partial charge in [-0.3, -0.25) is 39.9 Å². The van der Waals surface area contributed by atoms with Crippen molar-refractivity contribution >= 4 is 0 Å². The number of hydrogen-bond donors (Lipinski definition) is 0. The zero-order chi connectivity index (χ0) is 96.6. The van der Waals surface area contributed by atoms with Crippen LogP contribution in [-0.2, 0) is 0 Å². The van der Waals surface area contributed by atoms with Crippen LogP contribution in [0.4, 0.5) is 0 Å². The summed E-state index contributed by atoms with van der Waals surface area (Å²) in [6.07, 6.45) is 25.7. The van der Waals surface area contributed by atoms with Crippen LogP contribution in [0.5, 0.6) is 0 Å². The molecule has 15 nitrogen and oxygen atoms in total. The zero-order valence-corrected chi connectivity index (χ0v) is 78.1. The highest BCUT2D eigenvalue weighted by atomic mass is 15.0. The van der Waals surface area contributed by atoms with Gasteiger partial charge in [0.25, 0.3) is 0 Å². The summed E-state index contributed by atoms with van der Waals surface area (Å²) in [5.41, 5.74) is 36.7. The van der Waals surface area contributed by atoms with Crippen molar-refractivity contribution in [1.29, 1.82) is 0 Å². The van der Waals surface area contributed by atoms with Crippen LogP contribution in [0.1, 0.15) is 0 Å². The molecule has 0 radical (unpaired) electrons. The fourth-order valence-electron chi connectivity index (χ4n) is 17.1. The van der Waals surface area contributed by atoms with E-state index in [9.17, 15) is 0 Å². The third kappa shape index (κ3) is 22.2. The highest BCUT2D eigenvalue weighted by Crippen LogP contribution is 2.42. The molecule has 12 aromatic heterocycles. The molecule has 15 heteroatoms. The average Bonchev–Trinajstić information content (AvgIpc) is 0.793. The Balaban J connectivity index is 0.000000113. The van der Waals surface area contributed by atoms with Gasteiger partial charge in [0, 0.05) is 187 Å². The first-order chi connectivity index (χ1) is 71.3. The van der Waals surface area contributed by atoms with E-state index >= 15 is 0 Å². The Morgan fingerprint density at radius 2 is 0.285 bits per heavy atom. The fourth-order valence-corrected chi connectivity index (χ4v) is 17.1. The quantitative estimate of drug-likeness (QED) is 0.0699. The summed E-state index contributed by atoms with van der Waals surface area (Å²) in [7, 11) is 0. The molecule has 0 atom stereocenters. The molecule has 0 aliphatic carbocycles. The number of nitrogens with zero attached hydrogens (tertiary/aromatic N) is 15. The van der Waals surface area contributed by atoms with Crippen molar-refractivity contribution in [3.8, 4) is 225 Å². The second-order valence-corrected chi connectivity index (χ2v) is 34.0. The molecule has 0 fully saturated rings. The van der Waals surface area contributed by atoms with Gasteiger partial charge in [0.2, 0.25) is 0 Å². The topological polar surface area (TPSA) is 193 Å². The van der Waals surface area contributed by atoms with Gasteiger partial charge < -0.3 is 0 Å². The lowest BCUT2D eigenvalue weighted by Crippen LogP contribution is -2.00. The predicted octanol–water partition coefficient (Wildman–Crippen LogP) is 31.0. The van der Waals surface area contributed by atoms with Gasteiger partial charge in [0.05, 0.1) is 45.6 Å². The summed E-state index contributed by atoms with van der Waals surface area (Å²) in [6, 6.07) is 155. The minimum Gasteiger partial charge on any atom is -0.264 e. The normalized spacial score (nSPS) is 10.8. The van der Waals surface area contributed by atoms with E-state index in [0.29, 0.717) is 23.3 Å². The van der Waals surface area contributed by atoms with Crippen molar-refractivity contribution in [2.24, 2.45) is 0 Å². The zero-order valence-electron chi connectivity index (χ0n) is 78.1. The van der Waals surface area contributed by atoms with Crippen LogP contribution in [0.3, 0.4) is 0 Å². The molecule has 0 aliphatic rings. The Hall–Kier alpha value is -19.8. The molecule has 0 spiro atoms. The van der Waals surface area contributed by atoms with Gasteiger partial charge in [-0.25, -0.2) is 34.9 Å². The largest absolute Gasteiger partial charge is 0.264 e. The van der Waals surface area contributed by atoms with E-state index in [1.807, 2.05) is 231 Å². The van der Waals surface area contributed by atoms with E-state index in [1.54, 1.807) is 49.6 Å². The van der Waals surface area contributed by atoms with Crippen molar-refractivity contribution in [1.82, 2.24) is 74.8 Å². The van der Waals surface area contributed by atoms with Gasteiger partial charge in [-0.05, 0) is 219 Å². The predicted molar refractivity (Wildman–Crippen MR) is 581 cm³/mol. The molecule has 0 N–H and O–H groups in total. The Morgan fingerprint density at radius 3 is 0.556 bits per heavy atom. The van der Waals surface area contributed by atoms with Gasteiger partial charge in [0.15, 0.2) is 23.3 Å². The van der Waals surface area contributed by atoms with E-state index in [0.717, 1.165) is 201 Å². The second kappa shape index (κ2) is 44.1. The molecule has 0 bridgehead atoms. The van der Waals surface area contributed by atoms with Crippen LogP contribution in [0.2, 0.25) is 0 Å². The minimum atomic E-state index is 0.595. The highest BCUT2D eigenvalue weighted by molar-refractivity contribution is 5.88. The Morgan fingerprint density at radius 1 is 0.0972 bits per heavy atom. The maximum absolute atomic E-state index is 5.14. The SMILES string of the molecule is c1ccc(-c2cc(-c3cc(-c4cccnc4)cc(-c4cccnc4)c3)cc(-c3ccccc3)n2)cc1.c1ccc(-c2cc(-c3ccccc3)nc(-c3cc(-c4cccnc4)cc(-c4cccnc4)c3)c2)cc1.c1ccc(-c2cc(-c3ccccc3)nc(-c3cc(-c4cccnc4)cc(-c4cccnc4)c3)n2)cc1.c1ccc(-c2nc(-c3ccccc3)nc(-c3cc(-c4ccccn4)cc(-c4ccccn4)c3)n2)cc1. The summed E-state index contributed by atoms with van der Waals surface area (Å²) in [5, 5.41) is 0. The molecule has 0 saturated carbocycles. The van der Waals surface area contributed by atoms with E-state index in [1.165, 1.54) is 0 Å². The molecule has 0 unspecified atom stereocenters. The molecule has 0 aliphatic heterocycles. The molecule has 0 amide bonds. The molecule has 24 rings (SSSR count). The smallest absolute Gasteiger partial charge is 0.164 e. The Kier molecular flexibility index (Phi) is 27.8. The first-order valence-electron chi connectivity index (χ1n) is 47.3. The van der Waals surface area contributed by atoms with Crippen molar-refractivity contribution in [3.63, 3.8) is 0 Å². The molecule has 0 saturated heterocycles. The standard InChI is InChI=1S/2C33H23N3.C32H22N4.C31H21N5/c1-3-9-24(10-4-1)30-20-32(25-11-5-2-6-12-25)36-33(21-30)31-18-28(26-13-7-15-34-22-26)17-29(19-31)27-14-8-16-35-23-27;1-3-9-24(10-4-1)32-20-31(21-33(36-32)25-11-5-2-6-12-25)30-18-28(26-13-7-15-34-22-26)17-29(19-30)27-14-8-16-35-23-27;1-3-9-23(10-4-1)30-20-31(24-11-5-2-6-12-24)36-32(35-30)29-18-27(25-13-7-15-33-21-25)17-28(19-29)26-14-8-16-34-22-26;1-3-11-22(12-4-1)29-34-30(23-13-5-2-6-14-23)36-31(35-29)26-20-24(27-15-7-9-17-32-27)19-25(21-26)28-16-8-10-18-33-28/h2*1-23H;1-22H;1-21H. The number of rotatable bonds is 20. The van der Waals surface area contributed by atoms with E-state index < -0.39 is 0 Å². The van der Waals surface area contributed by atoms with Crippen LogP contribution in [0, 0.1) is 0 Å². The average molecular weight is 1850 g/mol. The van der Waals surface area contributed by atoms with Crippen molar-refractivity contribution in [3.05, 3.63) is 542 Å². The van der Waals surface area contributed by atoms with Crippen LogP contribution < -0.4 is 0 Å². The number of hydrogen-bond acceptors (Lipinski definition) is 15. The number of benzene rings is 12. The number of aromatic nitrogens is 15. The van der Waals surface area contributed by atoms with Gasteiger partial charge in [-0.2, -0.15) is 0 Å². The summed E-state index contributed by atoms with van der Waals surface area (Å²) < 4.78 is 0. The maximum Gasteiger partial charge on any atom is 0.164 e. The lowest BCUT2D eigenvalue weighted by Gasteiger charge is -2.13.